The predicted molar refractivity (Wildman–Crippen MR) is 252 cm³/mol. The number of imidazole rings is 2. The molecule has 0 radical (unpaired) electrons. The average Bonchev–Trinajstić information content (AvgIpc) is 3.53. The van der Waals surface area contributed by atoms with Crippen LogP contribution in [0.4, 0.5) is 0 Å². The van der Waals surface area contributed by atoms with Gasteiger partial charge in [-0.3, -0.25) is 0 Å². The van der Waals surface area contributed by atoms with Gasteiger partial charge in [-0.15, -0.1) is 0 Å². The molecule has 296 valence electrons. The van der Waals surface area contributed by atoms with E-state index in [1.54, 1.807) is 11.6 Å². The summed E-state index contributed by atoms with van der Waals surface area (Å²) in [7, 11) is 7.74. The summed E-state index contributed by atoms with van der Waals surface area (Å²) in [5.41, 5.74) is 23.3. The predicted octanol–water partition coefficient (Wildman–Crippen LogP) is 8.41. The number of hydrogen-bond acceptors (Lipinski definition) is 1. The van der Waals surface area contributed by atoms with E-state index in [0.29, 0.717) is 0 Å². The van der Waals surface area contributed by atoms with Crippen molar-refractivity contribution in [2.75, 3.05) is 11.6 Å². The normalized spacial score (nSPS) is 12.3. The van der Waals surface area contributed by atoms with Gasteiger partial charge in [0.2, 0.25) is 0 Å². The molecule has 7 nitrogen and oxygen atoms in total. The van der Waals surface area contributed by atoms with Crippen molar-refractivity contribution >= 4 is 55.3 Å². The third-order valence-corrected chi connectivity index (χ3v) is 16.2. The summed E-state index contributed by atoms with van der Waals surface area (Å²) >= 11 is -1.96. The molecule has 56 heavy (non-hydrogen) atoms. The zero-order chi connectivity index (χ0) is 41.1. The van der Waals surface area contributed by atoms with Gasteiger partial charge in [0.15, 0.2) is 22.1 Å². The summed E-state index contributed by atoms with van der Waals surface area (Å²) in [6, 6.07) is 27.7. The minimum absolute atomic E-state index is 0. The molecule has 0 fully saturated rings. The first-order valence-electron chi connectivity index (χ1n) is 19.5. The fraction of sp³-hybridized carbons (Fsp3) is 0.304. The summed E-state index contributed by atoms with van der Waals surface area (Å²) in [4.78, 5) is 1.27. The van der Waals surface area contributed by atoms with Crippen LogP contribution >= 0.6 is 28.4 Å². The van der Waals surface area contributed by atoms with Crippen LogP contribution in [0.15, 0.2) is 72.8 Å². The van der Waals surface area contributed by atoms with Crippen molar-refractivity contribution in [2.45, 2.75) is 55.4 Å². The van der Waals surface area contributed by atoms with Gasteiger partial charge in [0.1, 0.15) is 0 Å². The molecule has 2 heterocycles. The number of nitrogens with zero attached hydrogens (tertiary/aromatic N) is 4. The molecule has 0 aliphatic rings. The van der Waals surface area contributed by atoms with Crippen LogP contribution in [0.3, 0.4) is 0 Å². The third-order valence-electron chi connectivity index (χ3n) is 11.6. The van der Waals surface area contributed by atoms with E-state index >= 15 is 0 Å². The fourth-order valence-electron chi connectivity index (χ4n) is 8.52. The molecule has 5 N–H and O–H groups in total. The van der Waals surface area contributed by atoms with Crippen LogP contribution in [0.2, 0.25) is 0 Å². The Morgan fingerprint density at radius 3 is 1.54 bits per heavy atom. The number of halogens is 1. The number of benzene rings is 5. The van der Waals surface area contributed by atoms with Gasteiger partial charge >= 0.3 is 50.9 Å². The van der Waals surface area contributed by atoms with E-state index in [2.05, 4.69) is 175 Å². The second-order valence-electron chi connectivity index (χ2n) is 15.0. The van der Waals surface area contributed by atoms with E-state index < -0.39 is 33.2 Å². The van der Waals surface area contributed by atoms with Crippen LogP contribution in [0.25, 0.3) is 66.8 Å². The fourth-order valence-corrected chi connectivity index (χ4v) is 11.2. The second-order valence-corrected chi connectivity index (χ2v) is 20.1. The molecule has 10 heteroatoms. The van der Waals surface area contributed by atoms with Crippen molar-refractivity contribution in [3.05, 3.63) is 118 Å². The molecule has 1 unspecified atom stereocenters. The van der Waals surface area contributed by atoms with Gasteiger partial charge in [-0.05, 0) is 157 Å². The first-order valence-corrected chi connectivity index (χ1v) is 24.3. The first-order chi connectivity index (χ1) is 26.3. The Balaban J connectivity index is 0.000000676. The van der Waals surface area contributed by atoms with Crippen molar-refractivity contribution in [3.63, 3.8) is 0 Å². The monoisotopic (exact) mass is 889 g/mol. The summed E-state index contributed by atoms with van der Waals surface area (Å²) in [6.07, 6.45) is 0. The van der Waals surface area contributed by atoms with Crippen LogP contribution in [0.1, 0.15) is 44.8 Å². The van der Waals surface area contributed by atoms with Crippen molar-refractivity contribution in [2.24, 2.45) is 28.2 Å². The zero-order valence-electron chi connectivity index (χ0n) is 37.6. The summed E-state index contributed by atoms with van der Waals surface area (Å²) < 4.78 is 32.4. The van der Waals surface area contributed by atoms with E-state index in [4.69, 9.17) is 6.05 Å². The van der Waals surface area contributed by atoms with Crippen LogP contribution < -0.4 is 9.13 Å². The SMILES string of the molecule is Cc1cc(C)c(-c2ccc(-c3c(C)cc(C)c(-c4n(C)c5cc(-c6ccc7c(c6)n(C)c(C)[n+]7C)ccc5[n+]4C)c3C)cc2)c(C)c1C.O.O.[2H]B(P([3H])C)I(C)O. The Labute approximate surface area is 346 Å². The van der Waals surface area contributed by atoms with Gasteiger partial charge in [0, 0.05) is 6.92 Å². The van der Waals surface area contributed by atoms with E-state index in [0.717, 1.165) is 0 Å². The average molecular weight is 890 g/mol. The Kier molecular flexibility index (Phi) is 13.2. The van der Waals surface area contributed by atoms with Crippen LogP contribution in [0.5, 0.6) is 0 Å². The molecule has 0 aliphatic carbocycles. The molecule has 0 saturated carbocycles. The topological polar surface area (TPSA) is 101 Å². The molecule has 0 bridgehead atoms. The molecule has 0 amide bonds. The first kappa shape index (κ1) is 41.8. The maximum absolute atomic E-state index is 8.86. The zero-order valence-corrected chi connectivity index (χ0v) is 38.6. The van der Waals surface area contributed by atoms with Crippen LogP contribution in [-0.2, 0) is 28.2 Å². The van der Waals surface area contributed by atoms with Gasteiger partial charge in [0.05, 0.1) is 33.8 Å². The standard InChI is InChI=1S/C44H48N4.C2H9BIOP.2H2O/c1-25-21-26(2)41(30(6)29(25)5)33-13-15-34(16-14-33)42-27(3)22-28(4)43(31(42)7)44-47(11)38-20-18-36(24-40(38)48(44)12)35-17-19-37-39(23-35)46(10)32(8)45(37)9;1-4(5)3-6-2;;/h13-24H,1-12H3;3,5-6H,1-2H3;2*1H2/q+2;;;/i;3D,6T;;. The number of aromatic nitrogens is 4. The van der Waals surface area contributed by atoms with Gasteiger partial charge in [-0.2, -0.15) is 0 Å². The van der Waals surface area contributed by atoms with E-state index in [-0.39, 0.29) is 11.0 Å². The molecular weight excluding hydrogens is 825 g/mol. The molecule has 1 atom stereocenters. The summed E-state index contributed by atoms with van der Waals surface area (Å²) in [5, 5.41) is 0. The second kappa shape index (κ2) is 17.7. The number of alkyl halides is 1. The summed E-state index contributed by atoms with van der Waals surface area (Å²) in [5.74, 6) is 2.46. The molecule has 0 saturated heterocycles. The van der Waals surface area contributed by atoms with Gasteiger partial charge in [-0.1, -0.05) is 36.4 Å². The van der Waals surface area contributed by atoms with Crippen LogP contribution in [0, 0.1) is 55.4 Å². The molecule has 7 rings (SSSR count). The molecule has 0 aliphatic heterocycles. The van der Waals surface area contributed by atoms with Crippen molar-refractivity contribution in [3.8, 4) is 44.8 Å². The molecule has 2 aromatic heterocycles. The Hall–Kier alpha value is -3.86. The minimum atomic E-state index is -1.96. The Morgan fingerprint density at radius 1 is 0.625 bits per heavy atom. The number of aryl methyl sites for hydroxylation is 8. The number of fused-ring (bicyclic) bond motifs is 2. The molecular formula is C46H61BIN4O3P+2. The van der Waals surface area contributed by atoms with Gasteiger partial charge in [0.25, 0.3) is 11.6 Å². The third kappa shape index (κ3) is 7.99. The molecule has 0 spiro atoms. The summed E-state index contributed by atoms with van der Waals surface area (Å²) in [6.45, 7) is 19.6. The Morgan fingerprint density at radius 2 is 1.05 bits per heavy atom. The molecule has 7 aromatic rings. The Bertz CT molecular complexity index is 2650. The van der Waals surface area contributed by atoms with Crippen molar-refractivity contribution < 1.29 is 23.5 Å². The number of hydrogen-bond donors (Lipinski definition) is 1. The van der Waals surface area contributed by atoms with Gasteiger partial charge < -0.3 is 11.0 Å². The van der Waals surface area contributed by atoms with Gasteiger partial charge in [-0.25, -0.2) is 18.3 Å². The van der Waals surface area contributed by atoms with Crippen LogP contribution in [-0.4, -0.2) is 42.6 Å². The molecule has 5 aromatic carbocycles. The van der Waals surface area contributed by atoms with Crippen molar-refractivity contribution in [1.29, 1.82) is 2.61 Å². The van der Waals surface area contributed by atoms with E-state index in [9.17, 15) is 0 Å². The maximum atomic E-state index is 8.86. The quantitative estimate of drug-likeness (QED) is 0.0586. The van der Waals surface area contributed by atoms with E-state index in [1.807, 2.05) is 0 Å². The van der Waals surface area contributed by atoms with E-state index in [1.165, 1.54) is 112 Å². The number of rotatable bonds is 6. The van der Waals surface area contributed by atoms with Crippen molar-refractivity contribution in [1.82, 2.24) is 9.13 Å².